The third-order valence-corrected chi connectivity index (χ3v) is 3.51. The number of primary amides is 1. The number of rotatable bonds is 4. The van der Waals surface area contributed by atoms with Crippen molar-refractivity contribution in [3.63, 3.8) is 0 Å². The number of amides is 1. The third kappa shape index (κ3) is 2.98. The molecule has 1 aliphatic heterocycles. The molecule has 1 aromatic heterocycles. The van der Waals surface area contributed by atoms with Crippen molar-refractivity contribution in [2.24, 2.45) is 5.73 Å². The van der Waals surface area contributed by atoms with E-state index in [4.69, 9.17) is 10.5 Å². The van der Waals surface area contributed by atoms with E-state index in [0.29, 0.717) is 5.69 Å². The van der Waals surface area contributed by atoms with E-state index in [1.807, 2.05) is 0 Å². The lowest BCUT2D eigenvalue weighted by Gasteiger charge is -2.19. The van der Waals surface area contributed by atoms with Crippen molar-refractivity contribution in [1.29, 1.82) is 0 Å². The average Bonchev–Trinajstić information content (AvgIpc) is 2.53. The summed E-state index contributed by atoms with van der Waals surface area (Å²) in [6.07, 6.45) is -0.924. The highest BCUT2D eigenvalue weighted by molar-refractivity contribution is 6.12. The molecule has 0 saturated carbocycles. The van der Waals surface area contributed by atoms with Gasteiger partial charge in [0.05, 0.1) is 24.4 Å². The van der Waals surface area contributed by atoms with E-state index in [1.165, 1.54) is 0 Å². The predicted molar refractivity (Wildman–Crippen MR) is 79.7 cm³/mol. The van der Waals surface area contributed by atoms with Crippen molar-refractivity contribution in [1.82, 2.24) is 4.98 Å². The molecule has 9 heteroatoms. The number of nitrogens with one attached hydrogen (secondary N) is 1. The van der Waals surface area contributed by atoms with Gasteiger partial charge in [-0.25, -0.2) is 18.6 Å². The Morgan fingerprint density at radius 2 is 2.00 bits per heavy atom. The molecule has 1 aliphatic rings. The summed E-state index contributed by atoms with van der Waals surface area (Å²) in [4.78, 5) is 26.9. The zero-order chi connectivity index (χ0) is 17.3. The summed E-state index contributed by atoms with van der Waals surface area (Å²) >= 11 is 0. The van der Waals surface area contributed by atoms with Gasteiger partial charge in [0.1, 0.15) is 19.0 Å². The molecule has 0 radical (unpaired) electrons. The maximum absolute atomic E-state index is 13.6. The number of pyridine rings is 1. The van der Waals surface area contributed by atoms with E-state index < -0.39 is 17.7 Å². The second-order valence-electron chi connectivity index (χ2n) is 5.10. The van der Waals surface area contributed by atoms with Crippen LogP contribution in [0.15, 0.2) is 12.1 Å². The number of carbonyl (C=O) groups is 2. The van der Waals surface area contributed by atoms with Crippen LogP contribution in [0.4, 0.5) is 19.4 Å². The van der Waals surface area contributed by atoms with E-state index >= 15 is 0 Å². The van der Waals surface area contributed by atoms with Crippen LogP contribution < -0.4 is 11.1 Å². The number of hydrogen-bond acceptors (Lipinski definition) is 6. The zero-order valence-electron chi connectivity index (χ0n) is 12.4. The van der Waals surface area contributed by atoms with Gasteiger partial charge in [-0.05, 0) is 12.1 Å². The van der Waals surface area contributed by atoms with Gasteiger partial charge >= 0.3 is 6.09 Å². The first-order chi connectivity index (χ1) is 11.5. The van der Waals surface area contributed by atoms with Crippen LogP contribution in [-0.4, -0.2) is 36.6 Å². The van der Waals surface area contributed by atoms with E-state index in [9.17, 15) is 18.4 Å². The lowest BCUT2D eigenvalue weighted by molar-refractivity contribution is 0.0658. The third-order valence-electron chi connectivity index (χ3n) is 3.51. The molecule has 126 valence electrons. The number of fused-ring (bicyclic) bond motifs is 3. The largest absolute Gasteiger partial charge is 0.448 e. The molecule has 0 spiro atoms. The van der Waals surface area contributed by atoms with Crippen molar-refractivity contribution in [3.8, 4) is 0 Å². The van der Waals surface area contributed by atoms with Gasteiger partial charge in [-0.1, -0.05) is 0 Å². The van der Waals surface area contributed by atoms with Crippen molar-refractivity contribution in [2.45, 2.75) is 6.61 Å². The van der Waals surface area contributed by atoms with Crippen LogP contribution in [-0.2, 0) is 16.1 Å². The lowest BCUT2D eigenvalue weighted by Crippen LogP contribution is -2.22. The Balaban J connectivity index is 2.05. The maximum Gasteiger partial charge on any atom is 0.404 e. The molecule has 0 saturated heterocycles. The molecule has 1 amide bonds. The Labute approximate surface area is 134 Å². The molecule has 3 rings (SSSR count). The molecule has 0 fully saturated rings. The minimum atomic E-state index is -1.06. The second kappa shape index (κ2) is 6.36. The fraction of sp³-hybridized carbons (Fsp3) is 0.267. The highest BCUT2D eigenvalue weighted by Crippen LogP contribution is 2.31. The summed E-state index contributed by atoms with van der Waals surface area (Å²) in [5, 5.41) is 3.36. The van der Waals surface area contributed by atoms with Crippen LogP contribution in [0.2, 0.25) is 0 Å². The molecule has 3 N–H and O–H groups in total. The quantitative estimate of drug-likeness (QED) is 0.824. The van der Waals surface area contributed by atoms with Crippen LogP contribution in [0, 0.1) is 11.6 Å². The fourth-order valence-corrected chi connectivity index (χ4v) is 2.54. The minimum Gasteiger partial charge on any atom is -0.448 e. The first-order valence-electron chi connectivity index (χ1n) is 7.06. The summed E-state index contributed by atoms with van der Waals surface area (Å²) < 4.78 is 37.0. The molecule has 24 heavy (non-hydrogen) atoms. The monoisotopic (exact) mass is 337 g/mol. The van der Waals surface area contributed by atoms with Gasteiger partial charge in [0, 0.05) is 10.8 Å². The summed E-state index contributed by atoms with van der Waals surface area (Å²) in [5.41, 5.74) is 5.42. The highest BCUT2D eigenvalue weighted by Gasteiger charge is 2.25. The summed E-state index contributed by atoms with van der Waals surface area (Å²) in [6.45, 7) is 0.0663. The van der Waals surface area contributed by atoms with Gasteiger partial charge in [0.15, 0.2) is 17.4 Å². The Morgan fingerprint density at radius 1 is 1.29 bits per heavy atom. The highest BCUT2D eigenvalue weighted by atomic mass is 19.2. The number of anilines is 1. The Hall–Kier alpha value is -2.81. The second-order valence-corrected chi connectivity index (χ2v) is 5.10. The fourth-order valence-electron chi connectivity index (χ4n) is 2.54. The average molecular weight is 337 g/mol. The Kier molecular flexibility index (Phi) is 4.26. The van der Waals surface area contributed by atoms with Crippen LogP contribution in [0.25, 0.3) is 10.8 Å². The number of ether oxygens (including phenoxy) is 2. The molecular weight excluding hydrogens is 324 g/mol. The number of nitrogens with two attached hydrogens (primary N) is 1. The first kappa shape index (κ1) is 16.1. The van der Waals surface area contributed by atoms with Crippen molar-refractivity contribution in [3.05, 3.63) is 35.0 Å². The first-order valence-corrected chi connectivity index (χ1v) is 7.06. The number of nitrogens with zero attached hydrogens (tertiary/aromatic N) is 1. The van der Waals surface area contributed by atoms with Crippen LogP contribution >= 0.6 is 0 Å². The Morgan fingerprint density at radius 3 is 2.71 bits per heavy atom. The van der Waals surface area contributed by atoms with Crippen LogP contribution in [0.3, 0.4) is 0 Å². The van der Waals surface area contributed by atoms with Gasteiger partial charge < -0.3 is 20.5 Å². The lowest BCUT2D eigenvalue weighted by atomic mass is 9.98. The molecule has 0 unspecified atom stereocenters. The van der Waals surface area contributed by atoms with E-state index in [0.717, 1.165) is 12.1 Å². The van der Waals surface area contributed by atoms with Crippen molar-refractivity contribution >= 4 is 28.5 Å². The van der Waals surface area contributed by atoms with Gasteiger partial charge in [0.25, 0.3) is 0 Å². The maximum atomic E-state index is 13.6. The number of Topliss-reactive ketones (excluding diaryl/α,β-unsaturated/α-hetero) is 1. The number of aromatic nitrogens is 1. The molecule has 0 bridgehead atoms. The molecule has 1 aromatic carbocycles. The molecule has 2 aromatic rings. The van der Waals surface area contributed by atoms with E-state index in [2.05, 4.69) is 15.0 Å². The SMILES string of the molecule is NC(=O)OCCNc1nc2c(c3cc(F)c(F)cc13)C(=O)COC2. The number of hydrogen-bond donors (Lipinski definition) is 2. The Bertz CT molecular complexity index is 841. The van der Waals surface area contributed by atoms with Crippen molar-refractivity contribution in [2.75, 3.05) is 25.1 Å². The van der Waals surface area contributed by atoms with Gasteiger partial charge in [0.2, 0.25) is 0 Å². The minimum absolute atomic E-state index is 0.0330. The summed E-state index contributed by atoms with van der Waals surface area (Å²) in [6, 6.07) is 1.94. The number of ketones is 1. The number of benzene rings is 1. The van der Waals surface area contributed by atoms with E-state index in [1.54, 1.807) is 0 Å². The molecule has 0 atom stereocenters. The van der Waals surface area contributed by atoms with Gasteiger partial charge in [-0.3, -0.25) is 4.79 Å². The molecule has 2 heterocycles. The molecule has 0 aliphatic carbocycles. The zero-order valence-corrected chi connectivity index (χ0v) is 12.4. The molecular formula is C15H13F2N3O4. The predicted octanol–water partition coefficient (Wildman–Crippen LogP) is 1.73. The number of carbonyl (C=O) groups excluding carboxylic acids is 2. The van der Waals surface area contributed by atoms with Crippen LogP contribution in [0.1, 0.15) is 16.1 Å². The van der Waals surface area contributed by atoms with E-state index in [-0.39, 0.29) is 54.3 Å². The summed E-state index contributed by atoms with van der Waals surface area (Å²) in [7, 11) is 0. The van der Waals surface area contributed by atoms with Crippen LogP contribution in [0.5, 0.6) is 0 Å². The number of halogens is 2. The topological polar surface area (TPSA) is 104 Å². The smallest absolute Gasteiger partial charge is 0.404 e. The normalized spacial score (nSPS) is 13.7. The van der Waals surface area contributed by atoms with Crippen molar-refractivity contribution < 1.29 is 27.8 Å². The standard InChI is InChI=1S/C15H13F2N3O4/c16-9-3-7-8(4-10(9)17)14(19-1-2-24-15(18)22)20-11-5-23-6-12(21)13(7)11/h3-4H,1-2,5-6H2,(H2,18,22)(H,19,20). The molecule has 7 nitrogen and oxygen atoms in total. The van der Waals surface area contributed by atoms with Gasteiger partial charge in [-0.15, -0.1) is 0 Å². The summed E-state index contributed by atoms with van der Waals surface area (Å²) in [5.74, 6) is -2.23. The van der Waals surface area contributed by atoms with Gasteiger partial charge in [-0.2, -0.15) is 0 Å².